The topological polar surface area (TPSA) is 81.1 Å². The van der Waals surface area contributed by atoms with Crippen LogP contribution in [-0.4, -0.2) is 34.2 Å². The zero-order chi connectivity index (χ0) is 26.7. The van der Waals surface area contributed by atoms with Crippen LogP contribution in [0.15, 0.2) is 65.6 Å². The van der Waals surface area contributed by atoms with Crippen molar-refractivity contribution in [1.82, 2.24) is 19.9 Å². The molecule has 1 fully saturated rings. The molecule has 1 aliphatic heterocycles. The summed E-state index contributed by atoms with van der Waals surface area (Å²) in [6.45, 7) is 3.47. The number of alkyl halides is 3. The molecule has 0 amide bonds. The molecule has 3 heterocycles. The van der Waals surface area contributed by atoms with E-state index in [-0.39, 0.29) is 35.4 Å². The average molecular weight is 520 g/mol. The predicted octanol–water partition coefficient (Wildman–Crippen LogP) is 4.63. The molecule has 0 saturated carbocycles. The highest BCUT2D eigenvalue weighted by Crippen LogP contribution is 2.32. The Labute approximate surface area is 216 Å². The lowest BCUT2D eigenvalue weighted by Gasteiger charge is -2.24. The first kappa shape index (κ1) is 25.4. The standard InChI is InChI=1S/C28H24F3N5O2/c1-2-5-19-14-21-15-33-27(34-22-10-8-18(9-11-22)24-16-32-12-13-38-24)35-25(21)36(26(19)37)17-20-6-3-4-7-23(20)28(29,30)31/h3-4,6-11,14-15,24,32H,12-13,16-17H2,1H3,(H,33,34,35). The van der Waals surface area contributed by atoms with E-state index in [0.717, 1.165) is 24.7 Å². The molecule has 2 aromatic carbocycles. The number of pyridine rings is 1. The van der Waals surface area contributed by atoms with Crippen molar-refractivity contribution in [2.24, 2.45) is 0 Å². The van der Waals surface area contributed by atoms with Crippen LogP contribution in [0.5, 0.6) is 0 Å². The van der Waals surface area contributed by atoms with Crippen molar-refractivity contribution in [2.75, 3.05) is 25.0 Å². The van der Waals surface area contributed by atoms with Gasteiger partial charge in [0.25, 0.3) is 5.56 Å². The smallest absolute Gasteiger partial charge is 0.371 e. The number of benzene rings is 2. The summed E-state index contributed by atoms with van der Waals surface area (Å²) >= 11 is 0. The third-order valence-corrected chi connectivity index (χ3v) is 6.20. The highest BCUT2D eigenvalue weighted by atomic mass is 19.4. The zero-order valence-corrected chi connectivity index (χ0v) is 20.5. The molecule has 2 N–H and O–H groups in total. The number of morpholine rings is 1. The van der Waals surface area contributed by atoms with Gasteiger partial charge in [-0.3, -0.25) is 9.36 Å². The first-order valence-corrected chi connectivity index (χ1v) is 12.0. The Kier molecular flexibility index (Phi) is 7.13. The third kappa shape index (κ3) is 5.39. The molecule has 7 nitrogen and oxygen atoms in total. The summed E-state index contributed by atoms with van der Waals surface area (Å²) in [7, 11) is 0. The average Bonchev–Trinajstić information content (AvgIpc) is 2.92. The summed E-state index contributed by atoms with van der Waals surface area (Å²) in [5.41, 5.74) is 0.711. The van der Waals surface area contributed by atoms with Crippen molar-refractivity contribution in [2.45, 2.75) is 25.7 Å². The van der Waals surface area contributed by atoms with E-state index in [0.29, 0.717) is 17.7 Å². The minimum absolute atomic E-state index is 0.0239. The summed E-state index contributed by atoms with van der Waals surface area (Å²) < 4.78 is 48.0. The fourth-order valence-corrected chi connectivity index (χ4v) is 4.38. The van der Waals surface area contributed by atoms with Crippen molar-refractivity contribution in [3.05, 3.63) is 93.4 Å². The van der Waals surface area contributed by atoms with Crippen LogP contribution in [0.3, 0.4) is 0 Å². The van der Waals surface area contributed by atoms with Gasteiger partial charge in [0.1, 0.15) is 5.65 Å². The van der Waals surface area contributed by atoms with Crippen LogP contribution < -0.4 is 16.2 Å². The molecular formula is C28H24F3N5O2. The van der Waals surface area contributed by atoms with Gasteiger partial charge in [0.2, 0.25) is 5.95 Å². The van der Waals surface area contributed by atoms with Crippen molar-refractivity contribution >= 4 is 22.7 Å². The van der Waals surface area contributed by atoms with Crippen LogP contribution >= 0.6 is 0 Å². The predicted molar refractivity (Wildman–Crippen MR) is 138 cm³/mol. The van der Waals surface area contributed by atoms with Gasteiger partial charge in [0.15, 0.2) is 0 Å². The van der Waals surface area contributed by atoms with Crippen LogP contribution in [0.4, 0.5) is 24.8 Å². The summed E-state index contributed by atoms with van der Waals surface area (Å²) in [6, 6.07) is 14.4. The number of nitrogens with zero attached hydrogens (tertiary/aromatic N) is 3. The molecule has 2 aromatic heterocycles. The monoisotopic (exact) mass is 519 g/mol. The van der Waals surface area contributed by atoms with Crippen LogP contribution in [0.2, 0.25) is 0 Å². The number of aromatic nitrogens is 3. The van der Waals surface area contributed by atoms with Gasteiger partial charge in [-0.05, 0) is 42.3 Å². The largest absolute Gasteiger partial charge is 0.416 e. The third-order valence-electron chi connectivity index (χ3n) is 6.20. The van der Waals surface area contributed by atoms with Crippen LogP contribution in [-0.2, 0) is 17.5 Å². The van der Waals surface area contributed by atoms with Gasteiger partial charge in [0.05, 0.1) is 30.4 Å². The maximum absolute atomic E-state index is 13.7. The Bertz CT molecular complexity index is 1580. The molecule has 5 rings (SSSR count). The summed E-state index contributed by atoms with van der Waals surface area (Å²) in [6.07, 6.45) is -3.07. The van der Waals surface area contributed by atoms with Gasteiger partial charge in [-0.15, -0.1) is 5.92 Å². The number of hydrogen-bond acceptors (Lipinski definition) is 6. The lowest BCUT2D eigenvalue weighted by Crippen LogP contribution is -2.33. The Morgan fingerprint density at radius 2 is 1.97 bits per heavy atom. The van der Waals surface area contributed by atoms with Gasteiger partial charge in [-0.1, -0.05) is 36.3 Å². The van der Waals surface area contributed by atoms with Crippen LogP contribution in [0, 0.1) is 11.8 Å². The van der Waals surface area contributed by atoms with E-state index in [2.05, 4.69) is 32.4 Å². The molecule has 1 saturated heterocycles. The normalized spacial score (nSPS) is 15.6. The number of hydrogen-bond donors (Lipinski definition) is 2. The molecule has 10 heteroatoms. The van der Waals surface area contributed by atoms with Crippen molar-refractivity contribution in [3.63, 3.8) is 0 Å². The number of rotatable bonds is 5. The first-order valence-electron chi connectivity index (χ1n) is 12.0. The Balaban J connectivity index is 1.52. The minimum Gasteiger partial charge on any atom is -0.371 e. The Morgan fingerprint density at radius 1 is 1.18 bits per heavy atom. The highest BCUT2D eigenvalue weighted by Gasteiger charge is 2.33. The summed E-state index contributed by atoms with van der Waals surface area (Å²) in [4.78, 5) is 22.1. The lowest BCUT2D eigenvalue weighted by atomic mass is 10.1. The molecule has 1 aliphatic rings. The van der Waals surface area contributed by atoms with Gasteiger partial charge in [-0.2, -0.15) is 18.2 Å². The second-order valence-corrected chi connectivity index (χ2v) is 8.76. The van der Waals surface area contributed by atoms with Gasteiger partial charge in [0, 0.05) is 30.4 Å². The number of nitrogens with one attached hydrogen (secondary N) is 2. The highest BCUT2D eigenvalue weighted by molar-refractivity contribution is 5.77. The van der Waals surface area contributed by atoms with Crippen LogP contribution in [0.1, 0.15) is 35.3 Å². The molecule has 1 unspecified atom stereocenters. The van der Waals surface area contributed by atoms with E-state index in [1.807, 2.05) is 24.3 Å². The number of halogens is 3. The van der Waals surface area contributed by atoms with Crippen molar-refractivity contribution in [3.8, 4) is 11.8 Å². The number of fused-ring (bicyclic) bond motifs is 1. The van der Waals surface area contributed by atoms with E-state index >= 15 is 0 Å². The van der Waals surface area contributed by atoms with E-state index in [1.54, 1.807) is 13.0 Å². The lowest BCUT2D eigenvalue weighted by molar-refractivity contribution is -0.138. The fraction of sp³-hybridized carbons (Fsp3) is 0.250. The fourth-order valence-electron chi connectivity index (χ4n) is 4.38. The molecule has 0 radical (unpaired) electrons. The Morgan fingerprint density at radius 3 is 2.68 bits per heavy atom. The molecule has 0 spiro atoms. The first-order chi connectivity index (χ1) is 18.3. The Hall–Kier alpha value is -4.20. The van der Waals surface area contributed by atoms with Gasteiger partial charge < -0.3 is 15.4 Å². The van der Waals surface area contributed by atoms with Gasteiger partial charge in [-0.25, -0.2) is 4.98 Å². The summed E-state index contributed by atoms with van der Waals surface area (Å²) in [5, 5.41) is 6.89. The minimum atomic E-state index is -4.57. The number of ether oxygens (including phenoxy) is 1. The molecule has 4 aromatic rings. The van der Waals surface area contributed by atoms with E-state index < -0.39 is 17.3 Å². The maximum atomic E-state index is 13.7. The second kappa shape index (κ2) is 10.7. The van der Waals surface area contributed by atoms with Gasteiger partial charge >= 0.3 is 6.18 Å². The zero-order valence-electron chi connectivity index (χ0n) is 20.5. The summed E-state index contributed by atoms with van der Waals surface area (Å²) in [5.74, 6) is 5.61. The second-order valence-electron chi connectivity index (χ2n) is 8.76. The maximum Gasteiger partial charge on any atom is 0.416 e. The molecular weight excluding hydrogens is 495 g/mol. The van der Waals surface area contributed by atoms with Crippen molar-refractivity contribution < 1.29 is 17.9 Å². The molecule has 194 valence electrons. The molecule has 38 heavy (non-hydrogen) atoms. The van der Waals surface area contributed by atoms with Crippen LogP contribution in [0.25, 0.3) is 11.0 Å². The number of anilines is 2. The quantitative estimate of drug-likeness (QED) is 0.374. The van der Waals surface area contributed by atoms with E-state index in [9.17, 15) is 18.0 Å². The van der Waals surface area contributed by atoms with Crippen molar-refractivity contribution in [1.29, 1.82) is 0 Å². The van der Waals surface area contributed by atoms with E-state index in [1.165, 1.54) is 29.0 Å². The molecule has 0 bridgehead atoms. The molecule has 0 aliphatic carbocycles. The van der Waals surface area contributed by atoms with E-state index in [4.69, 9.17) is 4.74 Å². The molecule has 1 atom stereocenters. The SMILES string of the molecule is CC#Cc1cc2cnc(Nc3ccc(C4CNCCO4)cc3)nc2n(Cc2ccccc2C(F)(F)F)c1=O.